The van der Waals surface area contributed by atoms with E-state index in [1.807, 2.05) is 6.07 Å². The van der Waals surface area contributed by atoms with Gasteiger partial charge in [-0.1, -0.05) is 0 Å². The molecule has 0 bridgehead atoms. The maximum absolute atomic E-state index is 9.50. The molecule has 0 aliphatic carbocycles. The van der Waals surface area contributed by atoms with Gasteiger partial charge in [0.15, 0.2) is 0 Å². The van der Waals surface area contributed by atoms with Gasteiger partial charge in [-0.05, 0) is 35.8 Å². The maximum atomic E-state index is 9.50. The van der Waals surface area contributed by atoms with Crippen LogP contribution in [0.25, 0.3) is 0 Å². The number of carbonyl (C=O) groups is 1. The molecule has 0 saturated carbocycles. The van der Waals surface area contributed by atoms with Crippen LogP contribution in [0, 0.1) is 0 Å². The van der Waals surface area contributed by atoms with Gasteiger partial charge in [0.1, 0.15) is 5.82 Å². The lowest BCUT2D eigenvalue weighted by Gasteiger charge is -2.19. The van der Waals surface area contributed by atoms with Crippen molar-refractivity contribution in [3.8, 4) is 0 Å². The number of nitrogens with two attached hydrogens (primary N) is 1. The summed E-state index contributed by atoms with van der Waals surface area (Å²) in [7, 11) is 0. The van der Waals surface area contributed by atoms with Crippen molar-refractivity contribution < 1.29 is 15.0 Å². The zero-order valence-electron chi connectivity index (χ0n) is 9.64. The molecule has 1 heterocycles. The fourth-order valence-electron chi connectivity index (χ4n) is 0.903. The summed E-state index contributed by atoms with van der Waals surface area (Å²) in [6.45, 7) is 3.62. The van der Waals surface area contributed by atoms with Gasteiger partial charge in [0.05, 0.1) is 11.3 Å². The molecule has 6 nitrogen and oxygen atoms in total. The summed E-state index contributed by atoms with van der Waals surface area (Å²) in [5.74, 6) is 0.428. The third-order valence-electron chi connectivity index (χ3n) is 1.60. The molecule has 0 aliphatic heterocycles. The highest BCUT2D eigenvalue weighted by Crippen LogP contribution is 2.20. The number of rotatable bonds is 3. The van der Waals surface area contributed by atoms with E-state index < -0.39 is 5.60 Å². The van der Waals surface area contributed by atoms with Crippen LogP contribution in [0.4, 0.5) is 11.5 Å². The molecule has 0 radical (unpaired) electrons. The summed E-state index contributed by atoms with van der Waals surface area (Å²) in [6, 6.07) is 1.83. The Morgan fingerprint density at radius 1 is 1.65 bits per heavy atom. The van der Waals surface area contributed by atoms with Crippen LogP contribution in [-0.4, -0.2) is 33.8 Å². The summed E-state index contributed by atoms with van der Waals surface area (Å²) >= 11 is 3.30. The van der Waals surface area contributed by atoms with Crippen LogP contribution in [0.1, 0.15) is 13.8 Å². The van der Waals surface area contributed by atoms with Crippen molar-refractivity contribution in [2.75, 3.05) is 17.6 Å². The van der Waals surface area contributed by atoms with E-state index in [0.717, 1.165) is 10.2 Å². The molecule has 1 rings (SSSR count). The summed E-state index contributed by atoms with van der Waals surface area (Å²) < 4.78 is 0.852. The van der Waals surface area contributed by atoms with Gasteiger partial charge in [-0.2, -0.15) is 0 Å². The van der Waals surface area contributed by atoms with Crippen molar-refractivity contribution in [2.24, 2.45) is 0 Å². The third kappa shape index (κ3) is 7.53. The Morgan fingerprint density at radius 2 is 2.18 bits per heavy atom. The van der Waals surface area contributed by atoms with Crippen molar-refractivity contribution >= 4 is 33.9 Å². The highest BCUT2D eigenvalue weighted by Gasteiger charge is 2.12. The SMILES string of the molecule is CC(C)(O)CNc1cc(Br)cnc1N.O=CO. The van der Waals surface area contributed by atoms with Crippen LogP contribution < -0.4 is 11.1 Å². The molecule has 17 heavy (non-hydrogen) atoms. The van der Waals surface area contributed by atoms with Crippen LogP contribution in [0.3, 0.4) is 0 Å². The second-order valence-electron chi connectivity index (χ2n) is 3.86. The van der Waals surface area contributed by atoms with Gasteiger partial charge in [-0.15, -0.1) is 0 Å². The molecule has 0 amide bonds. The van der Waals surface area contributed by atoms with E-state index in [4.69, 9.17) is 15.6 Å². The van der Waals surface area contributed by atoms with Gasteiger partial charge in [0, 0.05) is 17.2 Å². The van der Waals surface area contributed by atoms with Crippen molar-refractivity contribution in [3.05, 3.63) is 16.7 Å². The number of nitrogen functional groups attached to an aromatic ring is 1. The smallest absolute Gasteiger partial charge is 0.290 e. The summed E-state index contributed by atoms with van der Waals surface area (Å²) in [6.07, 6.45) is 1.63. The average molecular weight is 306 g/mol. The maximum Gasteiger partial charge on any atom is 0.290 e. The summed E-state index contributed by atoms with van der Waals surface area (Å²) in [5, 5.41) is 19.4. The molecule has 0 saturated heterocycles. The molecule has 0 spiro atoms. The molecule has 96 valence electrons. The molecule has 0 unspecified atom stereocenters. The minimum absolute atomic E-state index is 0.250. The van der Waals surface area contributed by atoms with E-state index >= 15 is 0 Å². The van der Waals surface area contributed by atoms with Gasteiger partial charge in [0.2, 0.25) is 0 Å². The number of anilines is 2. The topological polar surface area (TPSA) is 108 Å². The predicted octanol–water partition coefficient (Wildman–Crippen LogP) is 1.31. The molecule has 0 atom stereocenters. The Morgan fingerprint density at radius 3 is 2.65 bits per heavy atom. The van der Waals surface area contributed by atoms with Crippen LogP contribution >= 0.6 is 15.9 Å². The number of hydrogen-bond donors (Lipinski definition) is 4. The summed E-state index contributed by atoms with van der Waals surface area (Å²) in [5.41, 5.74) is 5.60. The number of aliphatic hydroxyl groups is 1. The number of halogens is 1. The lowest BCUT2D eigenvalue weighted by atomic mass is 10.1. The Bertz CT molecular complexity index is 366. The fraction of sp³-hybridized carbons (Fsp3) is 0.400. The number of nitrogens with zero attached hydrogens (tertiary/aromatic N) is 1. The Kier molecular flexibility index (Phi) is 6.52. The van der Waals surface area contributed by atoms with Gasteiger partial charge >= 0.3 is 0 Å². The highest BCUT2D eigenvalue weighted by molar-refractivity contribution is 9.10. The Balaban J connectivity index is 0.000000770. The van der Waals surface area contributed by atoms with Crippen LogP contribution in [0.15, 0.2) is 16.7 Å². The first-order chi connectivity index (χ1) is 7.80. The number of aromatic nitrogens is 1. The molecular weight excluding hydrogens is 290 g/mol. The lowest BCUT2D eigenvalue weighted by Crippen LogP contribution is -2.29. The number of pyridine rings is 1. The molecule has 5 N–H and O–H groups in total. The first-order valence-corrected chi connectivity index (χ1v) is 5.54. The summed E-state index contributed by atoms with van der Waals surface area (Å²) in [4.78, 5) is 12.3. The van der Waals surface area contributed by atoms with Crippen molar-refractivity contribution in [1.82, 2.24) is 4.98 Å². The second-order valence-corrected chi connectivity index (χ2v) is 4.77. The van der Waals surface area contributed by atoms with Crippen LogP contribution in [-0.2, 0) is 4.79 Å². The fourth-order valence-corrected chi connectivity index (χ4v) is 1.23. The van der Waals surface area contributed by atoms with Gasteiger partial charge in [-0.3, -0.25) is 4.79 Å². The van der Waals surface area contributed by atoms with Crippen LogP contribution in [0.2, 0.25) is 0 Å². The van der Waals surface area contributed by atoms with Crippen LogP contribution in [0.5, 0.6) is 0 Å². The van der Waals surface area contributed by atoms with Gasteiger partial charge in [0.25, 0.3) is 6.47 Å². The normalized spacial score (nSPS) is 10.1. The molecular formula is C10H16BrN3O3. The monoisotopic (exact) mass is 305 g/mol. The number of carboxylic acid groups (broad SMARTS) is 1. The quantitative estimate of drug-likeness (QED) is 0.627. The largest absolute Gasteiger partial charge is 0.483 e. The van der Waals surface area contributed by atoms with E-state index in [-0.39, 0.29) is 6.47 Å². The molecule has 0 aliphatic rings. The zero-order valence-corrected chi connectivity index (χ0v) is 11.2. The molecule has 0 fully saturated rings. The standard InChI is InChI=1S/C9H14BrN3O.CH2O2/c1-9(2,14)5-13-7-3-6(10)4-12-8(7)11;2-1-3/h3-4,13-14H,5H2,1-2H3,(H2,11,12);1H,(H,2,3). The average Bonchev–Trinajstić information content (AvgIpc) is 2.19. The van der Waals surface area contributed by atoms with Gasteiger partial charge < -0.3 is 21.3 Å². The van der Waals surface area contributed by atoms with E-state index in [2.05, 4.69) is 26.2 Å². The van der Waals surface area contributed by atoms with E-state index in [1.165, 1.54) is 0 Å². The first-order valence-electron chi connectivity index (χ1n) is 4.75. The first kappa shape index (κ1) is 15.7. The van der Waals surface area contributed by atoms with Crippen molar-refractivity contribution in [2.45, 2.75) is 19.4 Å². The van der Waals surface area contributed by atoms with E-state index in [1.54, 1.807) is 20.0 Å². The minimum atomic E-state index is -0.769. The van der Waals surface area contributed by atoms with Crippen molar-refractivity contribution in [3.63, 3.8) is 0 Å². The lowest BCUT2D eigenvalue weighted by molar-refractivity contribution is -0.122. The van der Waals surface area contributed by atoms with E-state index in [9.17, 15) is 5.11 Å². The van der Waals surface area contributed by atoms with E-state index in [0.29, 0.717) is 12.4 Å². The molecule has 1 aromatic rings. The highest BCUT2D eigenvalue weighted by atomic mass is 79.9. The predicted molar refractivity (Wildman–Crippen MR) is 69.8 cm³/mol. The minimum Gasteiger partial charge on any atom is -0.483 e. The zero-order chi connectivity index (χ0) is 13.5. The molecule has 0 aromatic carbocycles. The van der Waals surface area contributed by atoms with Gasteiger partial charge in [-0.25, -0.2) is 4.98 Å². The third-order valence-corrected chi connectivity index (χ3v) is 2.03. The second kappa shape index (κ2) is 7.08. The molecule has 7 heteroatoms. The van der Waals surface area contributed by atoms with Crippen molar-refractivity contribution in [1.29, 1.82) is 0 Å². The molecule has 1 aromatic heterocycles. The Hall–Kier alpha value is -1.34. The number of nitrogens with one attached hydrogen (secondary N) is 1. The Labute approximate surface area is 108 Å². The number of hydrogen-bond acceptors (Lipinski definition) is 5.